The zero-order chi connectivity index (χ0) is 34.5. The molecule has 0 atom stereocenters. The number of imidazole rings is 2. The molecule has 6 rings (SSSR count). The minimum Gasteiger partial charge on any atom is -0.464 e. The molecule has 3 N–H and O–H groups in total. The molecular formula is C29H36Cl2F4N10O4. The standard InChI is InChI=1S/C14H15F2N5O2.C10H9ClN4O2.C4H7F2N.CH4.ClH/c1-8-5-17-13(19-9-3-14(15,16)4-9)20-11(8)21-6-10(18-7-21)12(22)23-2;1-6-3-12-10(11)14-8(6)15-4-7(13-5-15)9(16)17-2;5-4(6)1-3(7)2-4;;/h5-7,9H,3-4H2,1-2H3,(H,17,19,20);3-5H,1-2H3;3H,1-2,7H2;1H4;1H. The van der Waals surface area contributed by atoms with Crippen LogP contribution < -0.4 is 11.1 Å². The van der Waals surface area contributed by atoms with Gasteiger partial charge in [-0.15, -0.1) is 12.4 Å². The fraction of sp³-hybridized carbons (Fsp3) is 0.448. The quantitative estimate of drug-likeness (QED) is 0.151. The highest BCUT2D eigenvalue weighted by molar-refractivity contribution is 6.28. The van der Waals surface area contributed by atoms with Gasteiger partial charge in [0.25, 0.3) is 11.8 Å². The van der Waals surface area contributed by atoms with E-state index in [9.17, 15) is 27.2 Å². The van der Waals surface area contributed by atoms with Gasteiger partial charge in [0.15, 0.2) is 11.4 Å². The number of ether oxygens (including phenoxy) is 2. The molecule has 2 fully saturated rings. The lowest BCUT2D eigenvalue weighted by Crippen LogP contribution is -2.45. The van der Waals surface area contributed by atoms with Crippen LogP contribution in [0, 0.1) is 13.8 Å². The fourth-order valence-electron chi connectivity index (χ4n) is 4.39. The Morgan fingerprint density at radius 2 is 1.29 bits per heavy atom. The molecule has 0 aromatic carbocycles. The van der Waals surface area contributed by atoms with Crippen LogP contribution in [0.25, 0.3) is 11.6 Å². The highest BCUT2D eigenvalue weighted by atomic mass is 35.5. The Morgan fingerprint density at radius 1 is 0.837 bits per heavy atom. The summed E-state index contributed by atoms with van der Waals surface area (Å²) in [5, 5.41) is 3.02. The summed E-state index contributed by atoms with van der Waals surface area (Å²) in [6.07, 6.45) is 8.41. The van der Waals surface area contributed by atoms with Gasteiger partial charge >= 0.3 is 11.9 Å². The number of aryl methyl sites for hydroxylation is 2. The van der Waals surface area contributed by atoms with E-state index in [-0.39, 0.29) is 80.2 Å². The summed E-state index contributed by atoms with van der Waals surface area (Å²) in [5.74, 6) is -4.74. The van der Waals surface area contributed by atoms with Crippen LogP contribution in [0.15, 0.2) is 37.4 Å². The topological polar surface area (TPSA) is 178 Å². The molecule has 0 aliphatic heterocycles. The number of carbonyl (C=O) groups excluding carboxylic acids is 2. The monoisotopic (exact) mass is 734 g/mol. The molecule has 2 aliphatic carbocycles. The number of hydrogen-bond donors (Lipinski definition) is 2. The summed E-state index contributed by atoms with van der Waals surface area (Å²) >= 11 is 5.72. The van der Waals surface area contributed by atoms with E-state index in [0.717, 1.165) is 11.1 Å². The SMILES string of the molecule is C.COC(=O)c1cn(-c2nc(Cl)ncc2C)cn1.COC(=O)c1cn(-c2nc(NC3CC(F)(F)C3)ncc2C)cn1.Cl.NC1CC(F)(F)C1. The molecule has 49 heavy (non-hydrogen) atoms. The molecule has 20 heteroatoms. The Balaban J connectivity index is 0.000000282. The van der Waals surface area contributed by atoms with Crippen LogP contribution in [0.3, 0.4) is 0 Å². The maximum absolute atomic E-state index is 12.9. The van der Waals surface area contributed by atoms with Crippen molar-refractivity contribution < 1.29 is 36.6 Å². The van der Waals surface area contributed by atoms with Crippen molar-refractivity contribution in [3.63, 3.8) is 0 Å². The van der Waals surface area contributed by atoms with Gasteiger partial charge in [-0.3, -0.25) is 9.13 Å². The van der Waals surface area contributed by atoms with Crippen molar-refractivity contribution in [3.05, 3.63) is 65.2 Å². The molecule has 268 valence electrons. The minimum atomic E-state index is -2.61. The van der Waals surface area contributed by atoms with E-state index in [4.69, 9.17) is 17.3 Å². The van der Waals surface area contributed by atoms with Gasteiger partial charge in [-0.1, -0.05) is 7.43 Å². The number of nitrogens with one attached hydrogen (secondary N) is 1. The largest absolute Gasteiger partial charge is 0.464 e. The van der Waals surface area contributed by atoms with Crippen molar-refractivity contribution in [2.75, 3.05) is 19.5 Å². The number of nitrogens with zero attached hydrogens (tertiary/aromatic N) is 8. The Morgan fingerprint density at radius 3 is 1.69 bits per heavy atom. The van der Waals surface area contributed by atoms with Gasteiger partial charge in [-0.25, -0.2) is 47.1 Å². The van der Waals surface area contributed by atoms with Crippen LogP contribution in [0.2, 0.25) is 5.28 Å². The molecule has 0 unspecified atom stereocenters. The van der Waals surface area contributed by atoms with Crippen LogP contribution in [-0.2, 0) is 9.47 Å². The number of carbonyl (C=O) groups is 2. The number of nitrogens with two attached hydrogens (primary N) is 1. The van der Waals surface area contributed by atoms with Crippen molar-refractivity contribution in [3.8, 4) is 11.6 Å². The van der Waals surface area contributed by atoms with Gasteiger partial charge in [-0.05, 0) is 25.4 Å². The zero-order valence-corrected chi connectivity index (χ0v) is 27.6. The third-order valence-corrected chi connectivity index (χ3v) is 7.03. The lowest BCUT2D eigenvalue weighted by atomic mass is 9.88. The lowest BCUT2D eigenvalue weighted by Gasteiger charge is -2.35. The first-order chi connectivity index (χ1) is 22.1. The molecule has 0 amide bonds. The summed E-state index contributed by atoms with van der Waals surface area (Å²) in [6, 6.07) is -0.580. The third kappa shape index (κ3) is 10.8. The Kier molecular flexibility index (Phi) is 14.0. The predicted octanol–water partition coefficient (Wildman–Crippen LogP) is 5.18. The van der Waals surface area contributed by atoms with Gasteiger partial charge in [0.05, 0.1) is 14.2 Å². The second-order valence-corrected chi connectivity index (χ2v) is 11.1. The van der Waals surface area contributed by atoms with Crippen LogP contribution in [-0.4, -0.2) is 89.1 Å². The molecule has 2 aliphatic rings. The fourth-order valence-corrected chi connectivity index (χ4v) is 4.52. The molecule has 0 bridgehead atoms. The molecule has 0 radical (unpaired) electrons. The van der Waals surface area contributed by atoms with Crippen molar-refractivity contribution in [2.24, 2.45) is 5.73 Å². The number of halogens is 6. The number of aromatic nitrogens is 8. The molecule has 4 aromatic rings. The smallest absolute Gasteiger partial charge is 0.358 e. The van der Waals surface area contributed by atoms with Crippen LogP contribution in [0.1, 0.15) is 65.2 Å². The van der Waals surface area contributed by atoms with E-state index in [1.54, 1.807) is 28.5 Å². The first-order valence-electron chi connectivity index (χ1n) is 14.0. The van der Waals surface area contributed by atoms with Crippen LogP contribution in [0.4, 0.5) is 23.5 Å². The number of esters is 2. The normalized spacial score (nSPS) is 15.6. The number of anilines is 1. The van der Waals surface area contributed by atoms with Crippen molar-refractivity contribution in [1.82, 2.24) is 39.0 Å². The zero-order valence-electron chi connectivity index (χ0n) is 26.0. The molecule has 14 nitrogen and oxygen atoms in total. The second-order valence-electron chi connectivity index (χ2n) is 10.8. The van der Waals surface area contributed by atoms with Crippen LogP contribution >= 0.6 is 24.0 Å². The van der Waals surface area contributed by atoms with Gasteiger partial charge in [0, 0.05) is 73.7 Å². The van der Waals surface area contributed by atoms with E-state index in [0.29, 0.717) is 11.6 Å². The molecular weight excluding hydrogens is 699 g/mol. The Labute approximate surface area is 290 Å². The predicted molar refractivity (Wildman–Crippen MR) is 173 cm³/mol. The molecule has 2 saturated carbocycles. The minimum absolute atomic E-state index is 0. The Hall–Kier alpha value is -4.42. The number of rotatable bonds is 6. The highest BCUT2D eigenvalue weighted by Crippen LogP contribution is 2.38. The Bertz CT molecular complexity index is 1720. The summed E-state index contributed by atoms with van der Waals surface area (Å²) in [5.41, 5.74) is 7.01. The lowest BCUT2D eigenvalue weighted by molar-refractivity contribution is -0.0841. The molecule has 4 heterocycles. The highest BCUT2D eigenvalue weighted by Gasteiger charge is 2.45. The van der Waals surface area contributed by atoms with E-state index < -0.39 is 23.8 Å². The summed E-state index contributed by atoms with van der Waals surface area (Å²) in [6.45, 7) is 3.64. The summed E-state index contributed by atoms with van der Waals surface area (Å²) in [4.78, 5) is 46.9. The molecule has 0 saturated heterocycles. The van der Waals surface area contributed by atoms with Gasteiger partial charge < -0.3 is 20.5 Å². The van der Waals surface area contributed by atoms with E-state index >= 15 is 0 Å². The van der Waals surface area contributed by atoms with E-state index in [1.807, 2.05) is 6.92 Å². The van der Waals surface area contributed by atoms with Crippen molar-refractivity contribution >= 4 is 41.9 Å². The molecule has 0 spiro atoms. The van der Waals surface area contributed by atoms with E-state index in [2.05, 4.69) is 44.7 Å². The number of methoxy groups -OCH3 is 2. The first-order valence-corrected chi connectivity index (χ1v) is 14.3. The molecule has 4 aromatic heterocycles. The maximum Gasteiger partial charge on any atom is 0.358 e. The number of alkyl halides is 4. The average molecular weight is 736 g/mol. The second kappa shape index (κ2) is 16.8. The van der Waals surface area contributed by atoms with Gasteiger partial charge in [0.2, 0.25) is 11.2 Å². The number of hydrogen-bond acceptors (Lipinski definition) is 12. The van der Waals surface area contributed by atoms with E-state index in [1.165, 1.54) is 39.3 Å². The van der Waals surface area contributed by atoms with Crippen LogP contribution in [0.5, 0.6) is 0 Å². The maximum atomic E-state index is 12.9. The van der Waals surface area contributed by atoms with Gasteiger partial charge in [-0.2, -0.15) is 9.97 Å². The first kappa shape index (κ1) is 40.8. The van der Waals surface area contributed by atoms with Crippen molar-refractivity contribution in [2.45, 2.75) is 70.9 Å². The third-order valence-electron chi connectivity index (χ3n) is 6.85. The average Bonchev–Trinajstić information content (AvgIpc) is 3.68. The van der Waals surface area contributed by atoms with Crippen molar-refractivity contribution in [1.29, 1.82) is 0 Å². The summed E-state index contributed by atoms with van der Waals surface area (Å²) < 4.78 is 61.5. The summed E-state index contributed by atoms with van der Waals surface area (Å²) in [7, 11) is 2.57. The van der Waals surface area contributed by atoms with Gasteiger partial charge in [0.1, 0.15) is 24.3 Å².